The first kappa shape index (κ1) is 23.3. The number of hydrogen-bond donors (Lipinski definition) is 0. The largest absolute Gasteiger partial charge is 0.493 e. The lowest BCUT2D eigenvalue weighted by atomic mass is 9.95. The molecule has 1 aromatic heterocycles. The number of rotatable bonds is 8. The molecule has 0 atom stereocenters. The summed E-state index contributed by atoms with van der Waals surface area (Å²) in [5.74, 6) is 1.76. The summed E-state index contributed by atoms with van der Waals surface area (Å²) in [6, 6.07) is 12.2. The van der Waals surface area contributed by atoms with E-state index < -0.39 is 10.0 Å². The van der Waals surface area contributed by atoms with Crippen molar-refractivity contribution in [1.82, 2.24) is 14.4 Å². The smallest absolute Gasteiger partial charge is 0.243 e. The van der Waals surface area contributed by atoms with Crippen molar-refractivity contribution in [2.45, 2.75) is 56.5 Å². The molecule has 1 aliphatic rings. The van der Waals surface area contributed by atoms with Crippen molar-refractivity contribution in [3.63, 3.8) is 0 Å². The second kappa shape index (κ2) is 9.93. The zero-order valence-electron chi connectivity index (χ0n) is 19.2. The van der Waals surface area contributed by atoms with E-state index >= 15 is 0 Å². The predicted molar refractivity (Wildman–Crippen MR) is 124 cm³/mol. The van der Waals surface area contributed by atoms with Crippen molar-refractivity contribution < 1.29 is 22.4 Å². The van der Waals surface area contributed by atoms with E-state index in [4.69, 9.17) is 14.0 Å². The van der Waals surface area contributed by atoms with Crippen LogP contribution >= 0.6 is 0 Å². The van der Waals surface area contributed by atoms with Crippen LogP contribution in [0.5, 0.6) is 11.5 Å². The number of ether oxygens (including phenoxy) is 2. The molecule has 0 amide bonds. The lowest BCUT2D eigenvalue weighted by Gasteiger charge is -2.32. The van der Waals surface area contributed by atoms with Crippen LogP contribution in [0.25, 0.3) is 11.4 Å². The number of hydrogen-bond acceptors (Lipinski definition) is 7. The van der Waals surface area contributed by atoms with Crippen LogP contribution in [0.2, 0.25) is 0 Å². The SMILES string of the molecule is COc1ccc(-c2noc(CN(C3CCCCC3)S(=O)(=O)c3ccc(C)cc3)n2)cc1OC. The number of aromatic nitrogens is 2. The standard InChI is InChI=1S/C24H29N3O5S/c1-17-9-12-20(13-10-17)33(28,29)27(19-7-5-4-6-8-19)16-23-25-24(26-32-23)18-11-14-21(30-2)22(15-18)31-3/h9-15,19H,4-8,16H2,1-3H3. The summed E-state index contributed by atoms with van der Waals surface area (Å²) in [5.41, 5.74) is 1.70. The minimum atomic E-state index is -3.72. The molecule has 33 heavy (non-hydrogen) atoms. The summed E-state index contributed by atoms with van der Waals surface area (Å²) >= 11 is 0. The maximum absolute atomic E-state index is 13.6. The molecule has 8 nitrogen and oxygen atoms in total. The number of methoxy groups -OCH3 is 2. The van der Waals surface area contributed by atoms with Gasteiger partial charge < -0.3 is 14.0 Å². The fraction of sp³-hybridized carbons (Fsp3) is 0.417. The third-order valence-corrected chi connectivity index (χ3v) is 7.92. The van der Waals surface area contributed by atoms with Crippen LogP contribution < -0.4 is 9.47 Å². The molecule has 1 fully saturated rings. The van der Waals surface area contributed by atoms with E-state index in [1.807, 2.05) is 19.1 Å². The zero-order valence-corrected chi connectivity index (χ0v) is 20.0. The second-order valence-corrected chi connectivity index (χ2v) is 10.1. The molecular weight excluding hydrogens is 442 g/mol. The van der Waals surface area contributed by atoms with Crippen LogP contribution in [0.4, 0.5) is 0 Å². The lowest BCUT2D eigenvalue weighted by Crippen LogP contribution is -2.41. The Kier molecular flexibility index (Phi) is 6.99. The van der Waals surface area contributed by atoms with Crippen molar-refractivity contribution >= 4 is 10.0 Å². The fourth-order valence-corrected chi connectivity index (χ4v) is 5.80. The van der Waals surface area contributed by atoms with E-state index in [9.17, 15) is 8.42 Å². The van der Waals surface area contributed by atoms with Crippen LogP contribution in [0.3, 0.4) is 0 Å². The molecule has 176 valence electrons. The highest BCUT2D eigenvalue weighted by molar-refractivity contribution is 7.89. The first-order valence-corrected chi connectivity index (χ1v) is 12.5. The van der Waals surface area contributed by atoms with Crippen molar-refractivity contribution in [2.75, 3.05) is 14.2 Å². The van der Waals surface area contributed by atoms with E-state index in [0.29, 0.717) is 22.9 Å². The van der Waals surface area contributed by atoms with Crippen molar-refractivity contribution in [1.29, 1.82) is 0 Å². The Morgan fingerprint density at radius 2 is 1.70 bits per heavy atom. The molecule has 0 aliphatic heterocycles. The van der Waals surface area contributed by atoms with Gasteiger partial charge in [0.2, 0.25) is 21.7 Å². The molecule has 0 unspecified atom stereocenters. The van der Waals surface area contributed by atoms with E-state index in [0.717, 1.165) is 37.7 Å². The number of nitrogens with zero attached hydrogens (tertiary/aromatic N) is 3. The average Bonchev–Trinajstić information content (AvgIpc) is 3.31. The Bertz CT molecular complexity index is 1190. The van der Waals surface area contributed by atoms with Crippen LogP contribution in [0.1, 0.15) is 43.6 Å². The molecule has 1 heterocycles. The van der Waals surface area contributed by atoms with Crippen LogP contribution in [-0.2, 0) is 16.6 Å². The summed E-state index contributed by atoms with van der Waals surface area (Å²) < 4.78 is 44.8. The third-order valence-electron chi connectivity index (χ3n) is 6.01. The minimum absolute atomic E-state index is 0.0289. The van der Waals surface area contributed by atoms with Crippen LogP contribution in [0, 0.1) is 6.92 Å². The first-order chi connectivity index (χ1) is 15.9. The van der Waals surface area contributed by atoms with Crippen molar-refractivity contribution in [3.05, 3.63) is 53.9 Å². The lowest BCUT2D eigenvalue weighted by molar-refractivity contribution is 0.223. The Morgan fingerprint density at radius 1 is 1.00 bits per heavy atom. The Hall–Kier alpha value is -2.91. The Balaban J connectivity index is 1.63. The van der Waals surface area contributed by atoms with Gasteiger partial charge in [-0.25, -0.2) is 8.42 Å². The summed E-state index contributed by atoms with van der Waals surface area (Å²) in [5, 5.41) is 4.08. The van der Waals surface area contributed by atoms with E-state index in [1.54, 1.807) is 44.6 Å². The summed E-state index contributed by atoms with van der Waals surface area (Å²) in [7, 11) is -0.597. The van der Waals surface area contributed by atoms with Gasteiger partial charge in [-0.2, -0.15) is 9.29 Å². The summed E-state index contributed by atoms with van der Waals surface area (Å²) in [4.78, 5) is 4.76. The summed E-state index contributed by atoms with van der Waals surface area (Å²) in [6.07, 6.45) is 4.78. The highest BCUT2D eigenvalue weighted by Gasteiger charge is 2.34. The molecule has 0 radical (unpaired) electrons. The Morgan fingerprint density at radius 3 is 2.36 bits per heavy atom. The normalized spacial score (nSPS) is 15.0. The van der Waals surface area contributed by atoms with Gasteiger partial charge in [-0.05, 0) is 50.1 Å². The topological polar surface area (TPSA) is 94.8 Å². The third kappa shape index (κ3) is 5.04. The predicted octanol–water partition coefficient (Wildman–Crippen LogP) is 4.59. The zero-order chi connectivity index (χ0) is 23.4. The van der Waals surface area contributed by atoms with Gasteiger partial charge in [-0.15, -0.1) is 0 Å². The number of sulfonamides is 1. The first-order valence-electron chi connectivity index (χ1n) is 11.1. The van der Waals surface area contributed by atoms with Gasteiger partial charge in [0.05, 0.1) is 25.7 Å². The van der Waals surface area contributed by atoms with Crippen LogP contribution in [-0.4, -0.2) is 43.1 Å². The van der Waals surface area contributed by atoms with Gasteiger partial charge in [0.15, 0.2) is 11.5 Å². The molecule has 2 aromatic carbocycles. The average molecular weight is 472 g/mol. The van der Waals surface area contributed by atoms with Gasteiger partial charge in [0.25, 0.3) is 0 Å². The van der Waals surface area contributed by atoms with Crippen molar-refractivity contribution in [3.8, 4) is 22.9 Å². The van der Waals surface area contributed by atoms with Gasteiger partial charge in [-0.3, -0.25) is 0 Å². The molecule has 0 bridgehead atoms. The molecule has 0 N–H and O–H groups in total. The quantitative estimate of drug-likeness (QED) is 0.474. The maximum atomic E-state index is 13.6. The highest BCUT2D eigenvalue weighted by Crippen LogP contribution is 2.32. The van der Waals surface area contributed by atoms with Crippen LogP contribution in [0.15, 0.2) is 51.9 Å². The fourth-order valence-electron chi connectivity index (χ4n) is 4.17. The number of aryl methyl sites for hydroxylation is 1. The van der Waals surface area contributed by atoms with Crippen molar-refractivity contribution in [2.24, 2.45) is 0 Å². The van der Waals surface area contributed by atoms with Gasteiger partial charge in [0.1, 0.15) is 0 Å². The molecular formula is C24H29N3O5S. The van der Waals surface area contributed by atoms with E-state index in [-0.39, 0.29) is 23.4 Å². The van der Waals surface area contributed by atoms with E-state index in [2.05, 4.69) is 10.1 Å². The molecule has 4 rings (SSSR count). The van der Waals surface area contributed by atoms with Gasteiger partial charge in [0, 0.05) is 11.6 Å². The maximum Gasteiger partial charge on any atom is 0.243 e. The highest BCUT2D eigenvalue weighted by atomic mass is 32.2. The molecule has 1 saturated carbocycles. The van der Waals surface area contributed by atoms with Gasteiger partial charge >= 0.3 is 0 Å². The molecule has 9 heteroatoms. The molecule has 3 aromatic rings. The van der Waals surface area contributed by atoms with Gasteiger partial charge in [-0.1, -0.05) is 42.1 Å². The van der Waals surface area contributed by atoms with E-state index in [1.165, 1.54) is 4.31 Å². The summed E-state index contributed by atoms with van der Waals surface area (Å²) in [6.45, 7) is 1.96. The molecule has 1 aliphatic carbocycles. The number of benzene rings is 2. The Labute approximate surface area is 194 Å². The monoisotopic (exact) mass is 471 g/mol. The molecule has 0 spiro atoms. The minimum Gasteiger partial charge on any atom is -0.493 e. The molecule has 0 saturated heterocycles. The second-order valence-electron chi connectivity index (χ2n) is 8.24.